The van der Waals surface area contributed by atoms with E-state index in [-0.39, 0.29) is 0 Å². The van der Waals surface area contributed by atoms with Crippen LogP contribution in [0, 0.1) is 0 Å². The molecule has 1 aliphatic rings. The van der Waals surface area contributed by atoms with Crippen molar-refractivity contribution in [1.29, 1.82) is 0 Å². The minimum absolute atomic E-state index is 0.333. The molecule has 1 saturated heterocycles. The fraction of sp³-hybridized carbons (Fsp3) is 0.909. The molecule has 1 fully saturated rings. The lowest BCUT2D eigenvalue weighted by molar-refractivity contribution is -0.132. The Kier molecular flexibility index (Phi) is 6.10. The van der Waals surface area contributed by atoms with Crippen molar-refractivity contribution in [2.75, 3.05) is 24.6 Å². The summed E-state index contributed by atoms with van der Waals surface area (Å²) in [4.78, 5) is 13.9. The summed E-state index contributed by atoms with van der Waals surface area (Å²) in [5, 5.41) is 0. The summed E-state index contributed by atoms with van der Waals surface area (Å²) in [5.41, 5.74) is 5.41. The lowest BCUT2D eigenvalue weighted by Gasteiger charge is -2.33. The summed E-state index contributed by atoms with van der Waals surface area (Å²) < 4.78 is 0. The van der Waals surface area contributed by atoms with E-state index in [1.54, 1.807) is 0 Å². The minimum Gasteiger partial charge on any atom is -0.338 e. The van der Waals surface area contributed by atoms with Gasteiger partial charge < -0.3 is 10.6 Å². The number of rotatable bonds is 5. The standard InChI is InChI=1S/C11H22N2OS/c1-10-9-15-8-7-13(10)11(14)5-3-2-4-6-12/h10H,2-9,12H2,1H3. The summed E-state index contributed by atoms with van der Waals surface area (Å²) in [5.74, 6) is 2.52. The van der Waals surface area contributed by atoms with Crippen LogP contribution in [0.25, 0.3) is 0 Å². The van der Waals surface area contributed by atoms with Gasteiger partial charge in [-0.25, -0.2) is 0 Å². The molecule has 2 N–H and O–H groups in total. The fourth-order valence-corrected chi connectivity index (χ4v) is 2.85. The molecule has 1 amide bonds. The van der Waals surface area contributed by atoms with Crippen molar-refractivity contribution in [2.24, 2.45) is 5.73 Å². The maximum Gasteiger partial charge on any atom is 0.222 e. The number of carbonyl (C=O) groups is 1. The van der Waals surface area contributed by atoms with Crippen molar-refractivity contribution in [3.05, 3.63) is 0 Å². The van der Waals surface area contributed by atoms with Gasteiger partial charge in [0.2, 0.25) is 5.91 Å². The van der Waals surface area contributed by atoms with Crippen LogP contribution >= 0.6 is 11.8 Å². The smallest absolute Gasteiger partial charge is 0.222 e. The third-order valence-electron chi connectivity index (χ3n) is 2.78. The molecule has 1 atom stereocenters. The molecule has 0 spiro atoms. The topological polar surface area (TPSA) is 46.3 Å². The molecule has 0 aliphatic carbocycles. The molecule has 0 aromatic carbocycles. The Morgan fingerprint density at radius 3 is 2.93 bits per heavy atom. The van der Waals surface area contributed by atoms with E-state index in [0.717, 1.165) is 43.9 Å². The lowest BCUT2D eigenvalue weighted by Crippen LogP contribution is -2.44. The molecule has 0 saturated carbocycles. The van der Waals surface area contributed by atoms with E-state index in [4.69, 9.17) is 5.73 Å². The number of carbonyl (C=O) groups excluding carboxylic acids is 1. The zero-order chi connectivity index (χ0) is 11.1. The van der Waals surface area contributed by atoms with Gasteiger partial charge in [-0.2, -0.15) is 11.8 Å². The van der Waals surface area contributed by atoms with Crippen LogP contribution in [-0.4, -0.2) is 41.4 Å². The van der Waals surface area contributed by atoms with Gasteiger partial charge in [0.15, 0.2) is 0 Å². The van der Waals surface area contributed by atoms with Crippen molar-refractivity contribution in [1.82, 2.24) is 4.90 Å². The van der Waals surface area contributed by atoms with Gasteiger partial charge in [-0.3, -0.25) is 4.79 Å². The first-order chi connectivity index (χ1) is 7.25. The number of unbranched alkanes of at least 4 members (excludes halogenated alkanes) is 2. The average molecular weight is 230 g/mol. The highest BCUT2D eigenvalue weighted by Crippen LogP contribution is 2.17. The van der Waals surface area contributed by atoms with Gasteiger partial charge in [0.1, 0.15) is 0 Å². The minimum atomic E-state index is 0.333. The van der Waals surface area contributed by atoms with Crippen molar-refractivity contribution in [2.45, 2.75) is 38.6 Å². The van der Waals surface area contributed by atoms with Crippen LogP contribution in [0.1, 0.15) is 32.6 Å². The highest BCUT2D eigenvalue weighted by Gasteiger charge is 2.22. The summed E-state index contributed by atoms with van der Waals surface area (Å²) in [7, 11) is 0. The first-order valence-corrected chi connectivity index (χ1v) is 6.98. The molecule has 88 valence electrons. The molecule has 3 nitrogen and oxygen atoms in total. The van der Waals surface area contributed by atoms with Crippen LogP contribution in [0.15, 0.2) is 0 Å². The molecule has 1 rings (SSSR count). The van der Waals surface area contributed by atoms with Gasteiger partial charge in [0, 0.05) is 30.5 Å². The van der Waals surface area contributed by atoms with Gasteiger partial charge in [0.25, 0.3) is 0 Å². The van der Waals surface area contributed by atoms with Crippen LogP contribution in [0.3, 0.4) is 0 Å². The van der Waals surface area contributed by atoms with Crippen molar-refractivity contribution in [3.63, 3.8) is 0 Å². The number of hydrogen-bond acceptors (Lipinski definition) is 3. The van der Waals surface area contributed by atoms with E-state index < -0.39 is 0 Å². The zero-order valence-corrected chi connectivity index (χ0v) is 10.4. The monoisotopic (exact) mass is 230 g/mol. The van der Waals surface area contributed by atoms with Gasteiger partial charge >= 0.3 is 0 Å². The molecule has 1 aliphatic heterocycles. The lowest BCUT2D eigenvalue weighted by atomic mass is 10.1. The first kappa shape index (κ1) is 12.8. The Bertz CT molecular complexity index is 199. The molecule has 0 radical (unpaired) electrons. The predicted molar refractivity (Wildman–Crippen MR) is 66.0 cm³/mol. The Labute approximate surface area is 96.8 Å². The second-order valence-corrected chi connectivity index (χ2v) is 5.26. The second kappa shape index (κ2) is 7.12. The maximum atomic E-state index is 11.9. The summed E-state index contributed by atoms with van der Waals surface area (Å²) in [6.45, 7) is 3.82. The predicted octanol–water partition coefficient (Wildman–Crippen LogP) is 1.47. The van der Waals surface area contributed by atoms with Gasteiger partial charge in [-0.05, 0) is 26.3 Å². The van der Waals surface area contributed by atoms with E-state index in [2.05, 4.69) is 6.92 Å². The Hall–Kier alpha value is -0.220. The molecule has 1 heterocycles. The summed E-state index contributed by atoms with van der Waals surface area (Å²) in [6.07, 6.45) is 3.82. The van der Waals surface area contributed by atoms with Crippen molar-refractivity contribution in [3.8, 4) is 0 Å². The van der Waals surface area contributed by atoms with Gasteiger partial charge in [0.05, 0.1) is 0 Å². The zero-order valence-electron chi connectivity index (χ0n) is 9.58. The molecule has 0 bridgehead atoms. The summed E-state index contributed by atoms with van der Waals surface area (Å²) >= 11 is 1.95. The van der Waals surface area contributed by atoms with E-state index in [1.807, 2.05) is 16.7 Å². The van der Waals surface area contributed by atoms with E-state index in [1.165, 1.54) is 0 Å². The number of amides is 1. The van der Waals surface area contributed by atoms with Gasteiger partial charge in [-0.15, -0.1) is 0 Å². The number of nitrogens with zero attached hydrogens (tertiary/aromatic N) is 1. The molecule has 1 unspecified atom stereocenters. The van der Waals surface area contributed by atoms with E-state index >= 15 is 0 Å². The van der Waals surface area contributed by atoms with E-state index in [0.29, 0.717) is 18.4 Å². The quantitative estimate of drug-likeness (QED) is 0.728. The third kappa shape index (κ3) is 4.43. The Morgan fingerprint density at radius 2 is 2.27 bits per heavy atom. The van der Waals surface area contributed by atoms with Crippen LogP contribution in [0.2, 0.25) is 0 Å². The largest absolute Gasteiger partial charge is 0.338 e. The summed E-state index contributed by atoms with van der Waals surface area (Å²) in [6, 6.07) is 0.422. The van der Waals surface area contributed by atoms with Crippen LogP contribution in [0.5, 0.6) is 0 Å². The Balaban J connectivity index is 2.20. The number of hydrogen-bond donors (Lipinski definition) is 1. The van der Waals surface area contributed by atoms with Crippen molar-refractivity contribution >= 4 is 17.7 Å². The molecule has 0 aromatic rings. The molecular formula is C11H22N2OS. The number of nitrogens with two attached hydrogens (primary N) is 1. The molecule has 4 heteroatoms. The highest BCUT2D eigenvalue weighted by atomic mass is 32.2. The van der Waals surface area contributed by atoms with Crippen LogP contribution < -0.4 is 5.73 Å². The molecular weight excluding hydrogens is 208 g/mol. The molecule has 15 heavy (non-hydrogen) atoms. The second-order valence-electron chi connectivity index (χ2n) is 4.11. The average Bonchev–Trinajstić information content (AvgIpc) is 2.25. The first-order valence-electron chi connectivity index (χ1n) is 5.83. The van der Waals surface area contributed by atoms with E-state index in [9.17, 15) is 4.79 Å². The van der Waals surface area contributed by atoms with Crippen molar-refractivity contribution < 1.29 is 4.79 Å². The fourth-order valence-electron chi connectivity index (χ4n) is 1.84. The number of thioether (sulfide) groups is 1. The molecule has 0 aromatic heterocycles. The SMILES string of the molecule is CC1CSCCN1C(=O)CCCCCN. The normalized spacial score (nSPS) is 21.7. The Morgan fingerprint density at radius 1 is 1.47 bits per heavy atom. The third-order valence-corrected chi connectivity index (χ3v) is 3.97. The highest BCUT2D eigenvalue weighted by molar-refractivity contribution is 7.99. The maximum absolute atomic E-state index is 11.9. The van der Waals surface area contributed by atoms with Crippen LogP contribution in [0.4, 0.5) is 0 Å². The van der Waals surface area contributed by atoms with Crippen LogP contribution in [-0.2, 0) is 4.79 Å². The van der Waals surface area contributed by atoms with Gasteiger partial charge in [-0.1, -0.05) is 6.42 Å².